The van der Waals surface area contributed by atoms with Gasteiger partial charge in [0.2, 0.25) is 0 Å². The summed E-state index contributed by atoms with van der Waals surface area (Å²) in [6, 6.07) is 7.25. The molecule has 0 saturated heterocycles. The number of rotatable bonds is 4. The smallest absolute Gasteiger partial charge is 0.268 e. The molecule has 0 aliphatic carbocycles. The van der Waals surface area contributed by atoms with Crippen molar-refractivity contribution in [1.82, 2.24) is 20.3 Å². The molecule has 0 aliphatic heterocycles. The third-order valence-corrected chi connectivity index (χ3v) is 3.50. The third kappa shape index (κ3) is 2.47. The maximum atomic E-state index is 12.4. The molecule has 1 amide bonds. The summed E-state index contributed by atoms with van der Waals surface area (Å²) in [5.74, 6) is 0.579. The fourth-order valence-corrected chi connectivity index (χ4v) is 2.37. The highest BCUT2D eigenvalue weighted by molar-refractivity contribution is 6.00. The zero-order valence-corrected chi connectivity index (χ0v) is 11.7. The fourth-order valence-electron chi connectivity index (χ4n) is 2.37. The van der Waals surface area contributed by atoms with Crippen LogP contribution in [0.5, 0.6) is 0 Å². The van der Waals surface area contributed by atoms with Crippen LogP contribution < -0.4 is 11.1 Å². The summed E-state index contributed by atoms with van der Waals surface area (Å²) >= 11 is 0. The number of nitrogens with two attached hydrogens (primary N) is 1. The molecular weight excluding hydrogens is 266 g/mol. The van der Waals surface area contributed by atoms with E-state index >= 15 is 0 Å². The van der Waals surface area contributed by atoms with Gasteiger partial charge in [0.15, 0.2) is 0 Å². The van der Waals surface area contributed by atoms with Crippen LogP contribution in [0.2, 0.25) is 0 Å². The molecule has 5 N–H and O–H groups in total. The molecule has 2 aromatic heterocycles. The first kappa shape index (κ1) is 13.2. The molecular formula is C15H17N5O. The first-order chi connectivity index (χ1) is 10.2. The summed E-state index contributed by atoms with van der Waals surface area (Å²) in [7, 11) is 0. The zero-order chi connectivity index (χ0) is 14.8. The maximum Gasteiger partial charge on any atom is 0.268 e. The number of carbonyl (C=O) groups is 1. The van der Waals surface area contributed by atoms with Crippen molar-refractivity contribution in [2.24, 2.45) is 0 Å². The van der Waals surface area contributed by atoms with Gasteiger partial charge < -0.3 is 21.0 Å². The van der Waals surface area contributed by atoms with E-state index in [0.717, 1.165) is 23.1 Å². The zero-order valence-electron chi connectivity index (χ0n) is 11.7. The van der Waals surface area contributed by atoms with E-state index in [2.05, 4.69) is 20.3 Å². The largest absolute Gasteiger partial charge is 0.397 e. The maximum absolute atomic E-state index is 12.4. The van der Waals surface area contributed by atoms with Gasteiger partial charge in [-0.3, -0.25) is 4.79 Å². The van der Waals surface area contributed by atoms with Crippen molar-refractivity contribution in [3.63, 3.8) is 0 Å². The molecule has 21 heavy (non-hydrogen) atoms. The summed E-state index contributed by atoms with van der Waals surface area (Å²) in [5.41, 5.74) is 7.80. The number of amides is 1. The predicted octanol–water partition coefficient (Wildman–Crippen LogP) is 2.35. The van der Waals surface area contributed by atoms with Gasteiger partial charge in [0, 0.05) is 17.8 Å². The summed E-state index contributed by atoms with van der Waals surface area (Å²) in [5, 5.41) is 3.88. The SMILES string of the molecule is CCC(NC(=O)c1cc2cccc(N)c2[nH]1)c1ncc[nH]1. The molecule has 0 aliphatic rings. The van der Waals surface area contributed by atoms with Gasteiger partial charge in [0.05, 0.1) is 17.2 Å². The molecule has 6 nitrogen and oxygen atoms in total. The Morgan fingerprint density at radius 3 is 3.00 bits per heavy atom. The lowest BCUT2D eigenvalue weighted by Gasteiger charge is -2.13. The van der Waals surface area contributed by atoms with Crippen molar-refractivity contribution < 1.29 is 4.79 Å². The second kappa shape index (κ2) is 5.32. The van der Waals surface area contributed by atoms with Gasteiger partial charge in [-0.05, 0) is 18.6 Å². The van der Waals surface area contributed by atoms with E-state index in [1.807, 2.05) is 19.1 Å². The Bertz CT molecular complexity index is 760. The first-order valence-corrected chi connectivity index (χ1v) is 6.86. The van der Waals surface area contributed by atoms with Crippen LogP contribution in [-0.2, 0) is 0 Å². The van der Waals surface area contributed by atoms with Crippen LogP contribution in [0.1, 0.15) is 35.7 Å². The highest BCUT2D eigenvalue weighted by Gasteiger charge is 2.17. The number of carbonyl (C=O) groups excluding carboxylic acids is 1. The van der Waals surface area contributed by atoms with Gasteiger partial charge in [-0.15, -0.1) is 0 Å². The number of nitrogens with one attached hydrogen (secondary N) is 3. The molecule has 0 spiro atoms. The number of hydrogen-bond acceptors (Lipinski definition) is 3. The average molecular weight is 283 g/mol. The summed E-state index contributed by atoms with van der Waals surface area (Å²) in [6.07, 6.45) is 4.17. The molecule has 3 aromatic rings. The lowest BCUT2D eigenvalue weighted by atomic mass is 10.2. The molecule has 3 rings (SSSR count). The molecule has 0 radical (unpaired) electrons. The highest BCUT2D eigenvalue weighted by Crippen LogP contribution is 2.21. The number of H-pyrrole nitrogens is 2. The Labute approximate surface area is 121 Å². The number of nitrogen functional groups attached to an aromatic ring is 1. The van der Waals surface area contributed by atoms with Crippen LogP contribution in [0, 0.1) is 0 Å². The number of fused-ring (bicyclic) bond motifs is 1. The molecule has 1 aromatic carbocycles. The van der Waals surface area contributed by atoms with E-state index in [0.29, 0.717) is 11.4 Å². The van der Waals surface area contributed by atoms with Crippen molar-refractivity contribution in [1.29, 1.82) is 0 Å². The summed E-state index contributed by atoms with van der Waals surface area (Å²) in [4.78, 5) is 22.7. The van der Waals surface area contributed by atoms with E-state index in [-0.39, 0.29) is 11.9 Å². The van der Waals surface area contributed by atoms with E-state index in [1.54, 1.807) is 24.5 Å². The van der Waals surface area contributed by atoms with Crippen LogP contribution in [-0.4, -0.2) is 20.9 Å². The molecule has 108 valence electrons. The van der Waals surface area contributed by atoms with Crippen molar-refractivity contribution in [3.05, 3.63) is 48.2 Å². The molecule has 1 atom stereocenters. The monoisotopic (exact) mass is 283 g/mol. The van der Waals surface area contributed by atoms with Crippen molar-refractivity contribution in [2.45, 2.75) is 19.4 Å². The van der Waals surface area contributed by atoms with Gasteiger partial charge in [-0.25, -0.2) is 4.98 Å². The van der Waals surface area contributed by atoms with Crippen LogP contribution in [0.4, 0.5) is 5.69 Å². The van der Waals surface area contributed by atoms with Crippen molar-refractivity contribution >= 4 is 22.5 Å². The minimum atomic E-state index is -0.172. The summed E-state index contributed by atoms with van der Waals surface area (Å²) < 4.78 is 0. The van der Waals surface area contributed by atoms with E-state index in [1.165, 1.54) is 0 Å². The Morgan fingerprint density at radius 2 is 2.33 bits per heavy atom. The van der Waals surface area contributed by atoms with E-state index in [9.17, 15) is 4.79 Å². The second-order valence-electron chi connectivity index (χ2n) is 4.90. The molecule has 2 heterocycles. The van der Waals surface area contributed by atoms with Crippen LogP contribution in [0.25, 0.3) is 10.9 Å². The number of benzene rings is 1. The normalized spacial score (nSPS) is 12.4. The van der Waals surface area contributed by atoms with Crippen molar-refractivity contribution in [2.75, 3.05) is 5.73 Å². The Balaban J connectivity index is 1.85. The minimum Gasteiger partial charge on any atom is -0.397 e. The van der Waals surface area contributed by atoms with Crippen LogP contribution in [0.3, 0.4) is 0 Å². The quantitative estimate of drug-likeness (QED) is 0.553. The van der Waals surface area contributed by atoms with E-state index < -0.39 is 0 Å². The fraction of sp³-hybridized carbons (Fsp3) is 0.200. The molecule has 0 bridgehead atoms. The molecule has 0 fully saturated rings. The molecule has 6 heteroatoms. The third-order valence-electron chi connectivity index (χ3n) is 3.50. The van der Waals surface area contributed by atoms with Gasteiger partial charge in [-0.2, -0.15) is 0 Å². The number of imidazole rings is 1. The van der Waals surface area contributed by atoms with Gasteiger partial charge in [-0.1, -0.05) is 19.1 Å². The Morgan fingerprint density at radius 1 is 1.48 bits per heavy atom. The second-order valence-corrected chi connectivity index (χ2v) is 4.90. The van der Waals surface area contributed by atoms with E-state index in [4.69, 9.17) is 5.73 Å². The standard InChI is InChI=1S/C15H17N5O/c1-2-11(14-17-6-7-18-14)20-15(21)12-8-9-4-3-5-10(16)13(9)19-12/h3-8,11,19H,2,16H2,1H3,(H,17,18)(H,20,21). The summed E-state index contributed by atoms with van der Waals surface area (Å²) in [6.45, 7) is 2.00. The highest BCUT2D eigenvalue weighted by atomic mass is 16.1. The van der Waals surface area contributed by atoms with Crippen LogP contribution in [0.15, 0.2) is 36.7 Å². The van der Waals surface area contributed by atoms with Gasteiger partial charge in [0.1, 0.15) is 11.5 Å². The average Bonchev–Trinajstić information content (AvgIpc) is 3.14. The molecule has 0 saturated carbocycles. The number of hydrogen-bond donors (Lipinski definition) is 4. The van der Waals surface area contributed by atoms with Crippen LogP contribution >= 0.6 is 0 Å². The minimum absolute atomic E-state index is 0.142. The molecule has 1 unspecified atom stereocenters. The first-order valence-electron chi connectivity index (χ1n) is 6.86. The number of aromatic nitrogens is 3. The van der Waals surface area contributed by atoms with Gasteiger partial charge >= 0.3 is 0 Å². The number of para-hydroxylation sites is 1. The van der Waals surface area contributed by atoms with Gasteiger partial charge in [0.25, 0.3) is 5.91 Å². The lowest BCUT2D eigenvalue weighted by molar-refractivity contribution is 0.0929. The number of aromatic amines is 2. The lowest BCUT2D eigenvalue weighted by Crippen LogP contribution is -2.29. The predicted molar refractivity (Wildman–Crippen MR) is 81.8 cm³/mol. The Hall–Kier alpha value is -2.76. The topological polar surface area (TPSA) is 99.6 Å². The number of anilines is 1. The Kier molecular flexibility index (Phi) is 3.35. The van der Waals surface area contributed by atoms with Crippen molar-refractivity contribution in [3.8, 4) is 0 Å². The number of nitrogens with zero attached hydrogens (tertiary/aromatic N) is 1.